The molecule has 1 saturated carbocycles. The van der Waals surface area contributed by atoms with E-state index in [9.17, 15) is 5.11 Å². The first-order chi connectivity index (χ1) is 4.13. The highest BCUT2D eigenvalue weighted by molar-refractivity contribution is 5.05. The van der Waals surface area contributed by atoms with E-state index >= 15 is 0 Å². The predicted molar refractivity (Wildman–Crippen MR) is 38.1 cm³/mol. The minimum Gasteiger partial charge on any atom is -0.388 e. The Bertz CT molecular complexity index is 129. The Balaban J connectivity index is 2.36. The summed E-state index contributed by atoms with van der Waals surface area (Å²) in [6.07, 6.45) is 0.939. The highest BCUT2D eigenvalue weighted by Gasteiger charge is 2.38. The lowest BCUT2D eigenvalue weighted by molar-refractivity contribution is 0.182. The molecule has 0 bridgehead atoms. The predicted octanol–water partition coefficient (Wildman–Crippen LogP) is 1.58. The largest absolute Gasteiger partial charge is 0.388 e. The molecule has 1 nitrogen and oxygen atoms in total. The maximum atomic E-state index is 9.34. The van der Waals surface area contributed by atoms with Gasteiger partial charge in [0.2, 0.25) is 0 Å². The Morgan fingerprint density at radius 1 is 1.78 bits per heavy atom. The van der Waals surface area contributed by atoms with Crippen molar-refractivity contribution in [3.63, 3.8) is 0 Å². The Morgan fingerprint density at radius 2 is 2.22 bits per heavy atom. The summed E-state index contributed by atoms with van der Waals surface area (Å²) in [6, 6.07) is 0. The molecule has 0 spiro atoms. The van der Waals surface area contributed by atoms with E-state index in [1.54, 1.807) is 0 Å². The third kappa shape index (κ3) is 1.33. The summed E-state index contributed by atoms with van der Waals surface area (Å²) in [6.45, 7) is 7.75. The second kappa shape index (κ2) is 2.14. The Morgan fingerprint density at radius 3 is 2.33 bits per heavy atom. The fourth-order valence-electron chi connectivity index (χ4n) is 1.16. The van der Waals surface area contributed by atoms with Crippen LogP contribution in [0, 0.1) is 11.8 Å². The average molecular weight is 126 g/mol. The number of hydrogen-bond acceptors (Lipinski definition) is 1. The molecule has 3 unspecified atom stereocenters. The zero-order valence-electron chi connectivity index (χ0n) is 6.09. The van der Waals surface area contributed by atoms with Gasteiger partial charge in [-0.3, -0.25) is 0 Å². The molecule has 1 N–H and O–H groups in total. The molecule has 0 heterocycles. The minimum absolute atomic E-state index is 0.236. The molecular formula is C8H14O. The number of hydrogen-bond donors (Lipinski definition) is 1. The van der Waals surface area contributed by atoms with Crippen LogP contribution in [0.5, 0.6) is 0 Å². The molecule has 0 saturated heterocycles. The molecule has 1 rings (SSSR count). The molecule has 1 aliphatic rings. The van der Waals surface area contributed by atoms with Gasteiger partial charge in [-0.25, -0.2) is 0 Å². The van der Waals surface area contributed by atoms with Crippen molar-refractivity contribution in [3.8, 4) is 0 Å². The number of aliphatic hydroxyl groups is 1. The van der Waals surface area contributed by atoms with Gasteiger partial charge in [0.1, 0.15) is 0 Å². The molecule has 1 aliphatic carbocycles. The summed E-state index contributed by atoms with van der Waals surface area (Å²) < 4.78 is 0. The van der Waals surface area contributed by atoms with E-state index in [1.165, 1.54) is 6.42 Å². The maximum Gasteiger partial charge on any atom is 0.0775 e. The summed E-state index contributed by atoms with van der Waals surface area (Å²) in [4.78, 5) is 0. The lowest BCUT2D eigenvalue weighted by Gasteiger charge is -2.07. The molecule has 0 aromatic carbocycles. The summed E-state index contributed by atoms with van der Waals surface area (Å²) in [5.41, 5.74) is 0.907. The Hall–Kier alpha value is -0.300. The molecular weight excluding hydrogens is 112 g/mol. The first kappa shape index (κ1) is 6.81. The fourth-order valence-corrected chi connectivity index (χ4v) is 1.16. The third-order valence-electron chi connectivity index (χ3n) is 2.08. The summed E-state index contributed by atoms with van der Waals surface area (Å²) in [5, 5.41) is 9.34. The molecule has 1 heteroatoms. The summed E-state index contributed by atoms with van der Waals surface area (Å²) in [7, 11) is 0. The molecule has 52 valence electrons. The van der Waals surface area contributed by atoms with Gasteiger partial charge >= 0.3 is 0 Å². The monoisotopic (exact) mass is 126 g/mol. The van der Waals surface area contributed by atoms with Crippen LogP contribution < -0.4 is 0 Å². The van der Waals surface area contributed by atoms with Crippen molar-refractivity contribution < 1.29 is 5.11 Å². The second-order valence-electron chi connectivity index (χ2n) is 3.17. The minimum atomic E-state index is -0.236. The van der Waals surface area contributed by atoms with Crippen LogP contribution in [0.25, 0.3) is 0 Å². The van der Waals surface area contributed by atoms with E-state index < -0.39 is 0 Å². The zero-order chi connectivity index (χ0) is 7.02. The van der Waals surface area contributed by atoms with Crippen molar-refractivity contribution in [2.75, 3.05) is 0 Å². The van der Waals surface area contributed by atoms with Crippen molar-refractivity contribution in [2.24, 2.45) is 11.8 Å². The van der Waals surface area contributed by atoms with Gasteiger partial charge in [0, 0.05) is 0 Å². The van der Waals surface area contributed by atoms with Crippen LogP contribution in [-0.4, -0.2) is 11.2 Å². The van der Waals surface area contributed by atoms with Crippen LogP contribution in [0.3, 0.4) is 0 Å². The van der Waals surface area contributed by atoms with Gasteiger partial charge in [0.15, 0.2) is 0 Å². The molecule has 0 aromatic heterocycles. The number of rotatable bonds is 2. The van der Waals surface area contributed by atoms with E-state index in [2.05, 4.69) is 13.5 Å². The van der Waals surface area contributed by atoms with Gasteiger partial charge in [0.25, 0.3) is 0 Å². The van der Waals surface area contributed by atoms with Gasteiger partial charge in [-0.1, -0.05) is 19.1 Å². The van der Waals surface area contributed by atoms with Crippen LogP contribution in [0.15, 0.2) is 12.2 Å². The summed E-state index contributed by atoms with van der Waals surface area (Å²) >= 11 is 0. The molecule has 0 aromatic rings. The normalized spacial score (nSPS) is 35.9. The lowest BCUT2D eigenvalue weighted by Crippen LogP contribution is -2.10. The molecule has 1 fully saturated rings. The van der Waals surface area contributed by atoms with Crippen LogP contribution in [-0.2, 0) is 0 Å². The van der Waals surface area contributed by atoms with Crippen molar-refractivity contribution in [2.45, 2.75) is 26.4 Å². The van der Waals surface area contributed by atoms with Gasteiger partial charge < -0.3 is 5.11 Å². The van der Waals surface area contributed by atoms with E-state index in [0.717, 1.165) is 11.5 Å². The number of aliphatic hydroxyl groups excluding tert-OH is 1. The highest BCUT2D eigenvalue weighted by Crippen LogP contribution is 2.42. The van der Waals surface area contributed by atoms with E-state index in [1.807, 2.05) is 6.92 Å². The highest BCUT2D eigenvalue weighted by atomic mass is 16.3. The van der Waals surface area contributed by atoms with Gasteiger partial charge in [-0.05, 0) is 25.2 Å². The van der Waals surface area contributed by atoms with E-state index in [4.69, 9.17) is 0 Å². The zero-order valence-corrected chi connectivity index (χ0v) is 6.09. The van der Waals surface area contributed by atoms with Crippen molar-refractivity contribution in [1.82, 2.24) is 0 Å². The molecule has 9 heavy (non-hydrogen) atoms. The average Bonchev–Trinajstić information content (AvgIpc) is 2.44. The Kier molecular flexibility index (Phi) is 1.62. The van der Waals surface area contributed by atoms with Crippen LogP contribution >= 0.6 is 0 Å². The van der Waals surface area contributed by atoms with Crippen molar-refractivity contribution in [1.29, 1.82) is 0 Å². The van der Waals surface area contributed by atoms with Gasteiger partial charge in [-0.2, -0.15) is 0 Å². The topological polar surface area (TPSA) is 20.2 Å². The summed E-state index contributed by atoms with van der Waals surface area (Å²) in [5.74, 6) is 1.24. The van der Waals surface area contributed by atoms with Crippen LogP contribution in [0.1, 0.15) is 20.3 Å². The lowest BCUT2D eigenvalue weighted by atomic mass is 10.1. The fraction of sp³-hybridized carbons (Fsp3) is 0.750. The second-order valence-corrected chi connectivity index (χ2v) is 3.17. The first-order valence-electron chi connectivity index (χ1n) is 3.46. The van der Waals surface area contributed by atoms with Crippen molar-refractivity contribution in [3.05, 3.63) is 12.2 Å². The van der Waals surface area contributed by atoms with Gasteiger partial charge in [-0.15, -0.1) is 0 Å². The van der Waals surface area contributed by atoms with Crippen LogP contribution in [0.2, 0.25) is 0 Å². The Labute approximate surface area is 56.4 Å². The SMILES string of the molecule is C=C(C)C(O)C1CC1C. The maximum absolute atomic E-state index is 9.34. The third-order valence-corrected chi connectivity index (χ3v) is 2.08. The van der Waals surface area contributed by atoms with E-state index in [0.29, 0.717) is 5.92 Å². The smallest absolute Gasteiger partial charge is 0.0775 e. The van der Waals surface area contributed by atoms with Crippen molar-refractivity contribution >= 4 is 0 Å². The van der Waals surface area contributed by atoms with Gasteiger partial charge in [0.05, 0.1) is 6.10 Å². The first-order valence-corrected chi connectivity index (χ1v) is 3.46. The standard InChI is InChI=1S/C8H14O/c1-5(2)8(9)7-4-6(7)3/h6-9H,1,4H2,2-3H3. The quantitative estimate of drug-likeness (QED) is 0.557. The van der Waals surface area contributed by atoms with E-state index in [-0.39, 0.29) is 6.10 Å². The van der Waals surface area contributed by atoms with Crippen LogP contribution in [0.4, 0.5) is 0 Å². The molecule has 0 aliphatic heterocycles. The molecule has 0 radical (unpaired) electrons. The molecule has 0 amide bonds. The molecule has 3 atom stereocenters.